The standard InChI is InChI=1S/C17H12ClN5O2/c18-16-4-2-1-3-13(16)11-21-22-17-19-9-14(10-20-17)12-5-7-15(8-6-12)23(24)25/h1-11H,(H,19,20,22). The number of hydrazone groups is 1. The summed E-state index contributed by atoms with van der Waals surface area (Å²) in [5.74, 6) is 0.328. The third-order valence-electron chi connectivity index (χ3n) is 3.34. The van der Waals surface area contributed by atoms with E-state index in [1.165, 1.54) is 12.1 Å². The molecule has 25 heavy (non-hydrogen) atoms. The fraction of sp³-hybridized carbons (Fsp3) is 0. The maximum Gasteiger partial charge on any atom is 0.269 e. The Morgan fingerprint density at radius 2 is 1.72 bits per heavy atom. The lowest BCUT2D eigenvalue weighted by Gasteiger charge is -2.02. The van der Waals surface area contributed by atoms with Gasteiger partial charge in [0.05, 0.1) is 11.1 Å². The van der Waals surface area contributed by atoms with Crippen LogP contribution >= 0.6 is 11.6 Å². The molecule has 7 nitrogen and oxygen atoms in total. The minimum absolute atomic E-state index is 0.0388. The van der Waals surface area contributed by atoms with Gasteiger partial charge >= 0.3 is 0 Å². The van der Waals surface area contributed by atoms with E-state index >= 15 is 0 Å². The maximum absolute atomic E-state index is 10.7. The zero-order valence-corrected chi connectivity index (χ0v) is 13.6. The Bertz CT molecular complexity index is 911. The second kappa shape index (κ2) is 7.50. The zero-order valence-electron chi connectivity index (χ0n) is 12.8. The predicted molar refractivity (Wildman–Crippen MR) is 96.8 cm³/mol. The molecule has 3 rings (SSSR count). The highest BCUT2D eigenvalue weighted by atomic mass is 35.5. The van der Waals surface area contributed by atoms with Gasteiger partial charge in [-0.2, -0.15) is 5.10 Å². The minimum Gasteiger partial charge on any atom is -0.258 e. The monoisotopic (exact) mass is 353 g/mol. The molecule has 3 aromatic rings. The second-order valence-corrected chi connectivity index (χ2v) is 5.40. The molecular weight excluding hydrogens is 342 g/mol. The summed E-state index contributed by atoms with van der Waals surface area (Å²) < 4.78 is 0. The quantitative estimate of drug-likeness (QED) is 0.422. The average molecular weight is 354 g/mol. The Morgan fingerprint density at radius 1 is 1.04 bits per heavy atom. The van der Waals surface area contributed by atoms with Crippen LogP contribution in [-0.4, -0.2) is 21.1 Å². The van der Waals surface area contributed by atoms with Gasteiger partial charge in [0, 0.05) is 40.7 Å². The molecule has 0 aliphatic carbocycles. The van der Waals surface area contributed by atoms with Crippen molar-refractivity contribution in [3.63, 3.8) is 0 Å². The molecule has 8 heteroatoms. The van der Waals surface area contributed by atoms with Crippen molar-refractivity contribution in [2.75, 3.05) is 5.43 Å². The summed E-state index contributed by atoms with van der Waals surface area (Å²) in [5, 5.41) is 15.3. The minimum atomic E-state index is -0.440. The Kier molecular flexibility index (Phi) is 4.96. The van der Waals surface area contributed by atoms with E-state index in [-0.39, 0.29) is 5.69 Å². The van der Waals surface area contributed by atoms with Crippen molar-refractivity contribution < 1.29 is 4.92 Å². The first-order chi connectivity index (χ1) is 12.1. The predicted octanol–water partition coefficient (Wildman–Crippen LogP) is 4.15. The molecular formula is C17H12ClN5O2. The first-order valence-corrected chi connectivity index (χ1v) is 7.62. The van der Waals surface area contributed by atoms with Crippen LogP contribution in [0, 0.1) is 10.1 Å². The summed E-state index contributed by atoms with van der Waals surface area (Å²) in [5.41, 5.74) is 5.07. The molecule has 1 heterocycles. The maximum atomic E-state index is 10.7. The van der Waals surface area contributed by atoms with E-state index in [0.29, 0.717) is 11.0 Å². The van der Waals surface area contributed by atoms with Gasteiger partial charge in [0.1, 0.15) is 0 Å². The number of anilines is 1. The molecule has 0 fully saturated rings. The number of benzene rings is 2. The van der Waals surface area contributed by atoms with Crippen LogP contribution in [0.3, 0.4) is 0 Å². The van der Waals surface area contributed by atoms with Crippen LogP contribution in [0.25, 0.3) is 11.1 Å². The van der Waals surface area contributed by atoms with E-state index in [4.69, 9.17) is 11.6 Å². The van der Waals surface area contributed by atoms with Crippen molar-refractivity contribution in [3.8, 4) is 11.1 Å². The van der Waals surface area contributed by atoms with E-state index in [1.54, 1.807) is 36.8 Å². The number of nitro benzene ring substituents is 1. The number of non-ortho nitro benzene ring substituents is 1. The number of nitrogens with zero attached hydrogens (tertiary/aromatic N) is 4. The number of halogens is 1. The van der Waals surface area contributed by atoms with Crippen molar-refractivity contribution in [2.24, 2.45) is 5.10 Å². The van der Waals surface area contributed by atoms with Crippen LogP contribution in [-0.2, 0) is 0 Å². The van der Waals surface area contributed by atoms with E-state index in [9.17, 15) is 10.1 Å². The van der Waals surface area contributed by atoms with Gasteiger partial charge in [-0.15, -0.1) is 0 Å². The van der Waals surface area contributed by atoms with Crippen molar-refractivity contribution in [2.45, 2.75) is 0 Å². The van der Waals surface area contributed by atoms with Crippen LogP contribution in [0.5, 0.6) is 0 Å². The number of nitro groups is 1. The lowest BCUT2D eigenvalue weighted by Crippen LogP contribution is -1.97. The van der Waals surface area contributed by atoms with Crippen LogP contribution in [0.4, 0.5) is 11.6 Å². The first kappa shape index (κ1) is 16.5. The van der Waals surface area contributed by atoms with Crippen LogP contribution in [0.15, 0.2) is 66.0 Å². The van der Waals surface area contributed by atoms with E-state index < -0.39 is 4.92 Å². The third kappa shape index (κ3) is 4.15. The molecule has 0 bridgehead atoms. The number of hydrogen-bond acceptors (Lipinski definition) is 6. The second-order valence-electron chi connectivity index (χ2n) is 4.99. The smallest absolute Gasteiger partial charge is 0.258 e. The molecule has 1 N–H and O–H groups in total. The molecule has 0 aliphatic heterocycles. The van der Waals surface area contributed by atoms with E-state index in [2.05, 4.69) is 20.5 Å². The summed E-state index contributed by atoms with van der Waals surface area (Å²) in [7, 11) is 0. The van der Waals surface area contributed by atoms with Gasteiger partial charge in [0.15, 0.2) is 0 Å². The molecule has 0 saturated heterocycles. The largest absolute Gasteiger partial charge is 0.269 e. The lowest BCUT2D eigenvalue weighted by molar-refractivity contribution is -0.384. The summed E-state index contributed by atoms with van der Waals surface area (Å²) >= 11 is 6.03. The topological polar surface area (TPSA) is 93.3 Å². The van der Waals surface area contributed by atoms with Crippen LogP contribution in [0.1, 0.15) is 5.56 Å². The van der Waals surface area contributed by atoms with E-state index in [1.807, 2.05) is 18.2 Å². The fourth-order valence-electron chi connectivity index (χ4n) is 2.05. The summed E-state index contributed by atoms with van der Waals surface area (Å²) in [6, 6.07) is 13.5. The average Bonchev–Trinajstić information content (AvgIpc) is 2.64. The zero-order chi connectivity index (χ0) is 17.6. The van der Waals surface area contributed by atoms with Gasteiger partial charge in [0.25, 0.3) is 5.69 Å². The normalized spacial score (nSPS) is 10.8. The Labute approximate surface area is 148 Å². The highest BCUT2D eigenvalue weighted by Gasteiger charge is 2.06. The molecule has 2 aromatic carbocycles. The first-order valence-electron chi connectivity index (χ1n) is 7.24. The van der Waals surface area contributed by atoms with Crippen molar-refractivity contribution >= 4 is 29.5 Å². The third-order valence-corrected chi connectivity index (χ3v) is 3.68. The molecule has 0 atom stereocenters. The fourth-order valence-corrected chi connectivity index (χ4v) is 2.23. The Balaban J connectivity index is 1.68. The molecule has 0 spiro atoms. The van der Waals surface area contributed by atoms with Crippen LogP contribution in [0.2, 0.25) is 5.02 Å². The summed E-state index contributed by atoms with van der Waals surface area (Å²) in [6.45, 7) is 0. The van der Waals surface area contributed by atoms with E-state index in [0.717, 1.165) is 16.7 Å². The molecule has 0 saturated carbocycles. The highest BCUT2D eigenvalue weighted by Crippen LogP contribution is 2.21. The number of nitrogens with one attached hydrogen (secondary N) is 1. The van der Waals surface area contributed by atoms with Crippen molar-refractivity contribution in [1.82, 2.24) is 9.97 Å². The Hall–Kier alpha value is -3.32. The van der Waals surface area contributed by atoms with Gasteiger partial charge in [-0.1, -0.05) is 29.8 Å². The molecule has 0 unspecified atom stereocenters. The van der Waals surface area contributed by atoms with Crippen LogP contribution < -0.4 is 5.43 Å². The van der Waals surface area contributed by atoms with Gasteiger partial charge in [-0.05, 0) is 23.8 Å². The number of hydrogen-bond donors (Lipinski definition) is 1. The SMILES string of the molecule is O=[N+]([O-])c1ccc(-c2cnc(NN=Cc3ccccc3Cl)nc2)cc1. The molecule has 0 amide bonds. The molecule has 1 aromatic heterocycles. The number of aromatic nitrogens is 2. The van der Waals surface area contributed by atoms with Gasteiger partial charge in [0.2, 0.25) is 5.95 Å². The highest BCUT2D eigenvalue weighted by molar-refractivity contribution is 6.33. The summed E-state index contributed by atoms with van der Waals surface area (Å²) in [4.78, 5) is 18.6. The van der Waals surface area contributed by atoms with Crippen molar-refractivity contribution in [1.29, 1.82) is 0 Å². The molecule has 0 radical (unpaired) electrons. The number of rotatable bonds is 5. The van der Waals surface area contributed by atoms with Crippen molar-refractivity contribution in [3.05, 3.63) is 81.6 Å². The molecule has 124 valence electrons. The van der Waals surface area contributed by atoms with Gasteiger partial charge in [-0.25, -0.2) is 15.4 Å². The molecule has 0 aliphatic rings. The lowest BCUT2D eigenvalue weighted by atomic mass is 10.1. The summed E-state index contributed by atoms with van der Waals surface area (Å²) in [6.07, 6.45) is 4.80. The van der Waals surface area contributed by atoms with Gasteiger partial charge < -0.3 is 0 Å². The Morgan fingerprint density at radius 3 is 2.36 bits per heavy atom. The van der Waals surface area contributed by atoms with Gasteiger partial charge in [-0.3, -0.25) is 10.1 Å².